The molecule has 0 bridgehead atoms. The standard InChI is InChI=1S/C31H35Cl2FN4O4S/c1-36(2)43(41,42)38(28-15-9-8-14-27(28)34)21-30(39)37(20-23-16-17-25(32)26(33)18-23)29(19-22-10-4-3-5-11-22)31(40)35-24-12-6-7-13-24/h3-5,8-11,14-18,24,29H,6-7,12-13,19-21H2,1-2H3,(H,35,40)/t29-/m0/s1. The first-order valence-electron chi connectivity index (χ1n) is 14.0. The molecule has 1 aliphatic rings. The predicted octanol–water partition coefficient (Wildman–Crippen LogP) is 5.44. The summed E-state index contributed by atoms with van der Waals surface area (Å²) >= 11 is 12.4. The van der Waals surface area contributed by atoms with Crippen LogP contribution in [-0.2, 0) is 32.8 Å². The summed E-state index contributed by atoms with van der Waals surface area (Å²) in [4.78, 5) is 29.5. The minimum absolute atomic E-state index is 0.0169. The Morgan fingerprint density at radius 1 is 0.930 bits per heavy atom. The molecule has 1 aliphatic carbocycles. The molecule has 0 spiro atoms. The molecule has 12 heteroatoms. The largest absolute Gasteiger partial charge is 0.352 e. The number of nitrogens with zero attached hydrogens (tertiary/aromatic N) is 3. The Labute approximate surface area is 262 Å². The highest BCUT2D eigenvalue weighted by Crippen LogP contribution is 2.27. The average molecular weight is 650 g/mol. The summed E-state index contributed by atoms with van der Waals surface area (Å²) in [6, 6.07) is 18.5. The van der Waals surface area contributed by atoms with Crippen LogP contribution < -0.4 is 9.62 Å². The molecule has 3 aromatic carbocycles. The molecular weight excluding hydrogens is 614 g/mol. The number of halogens is 3. The Morgan fingerprint density at radius 2 is 1.58 bits per heavy atom. The average Bonchev–Trinajstić information content (AvgIpc) is 3.49. The van der Waals surface area contributed by atoms with Gasteiger partial charge in [-0.05, 0) is 48.2 Å². The summed E-state index contributed by atoms with van der Waals surface area (Å²) in [5, 5.41) is 3.70. The van der Waals surface area contributed by atoms with Crippen molar-refractivity contribution in [1.82, 2.24) is 14.5 Å². The fourth-order valence-corrected chi connectivity index (χ4v) is 6.50. The van der Waals surface area contributed by atoms with E-state index in [1.807, 2.05) is 30.3 Å². The Morgan fingerprint density at radius 3 is 2.21 bits per heavy atom. The summed E-state index contributed by atoms with van der Waals surface area (Å²) < 4.78 is 43.4. The van der Waals surface area contributed by atoms with Crippen molar-refractivity contribution in [3.63, 3.8) is 0 Å². The van der Waals surface area contributed by atoms with Crippen molar-refractivity contribution in [3.8, 4) is 0 Å². The van der Waals surface area contributed by atoms with Gasteiger partial charge in [0.1, 0.15) is 18.4 Å². The number of rotatable bonds is 12. The lowest BCUT2D eigenvalue weighted by atomic mass is 10.0. The maximum Gasteiger partial charge on any atom is 0.304 e. The SMILES string of the molecule is CN(C)S(=O)(=O)N(CC(=O)N(Cc1ccc(Cl)c(Cl)c1)[C@@H](Cc1ccccc1)C(=O)NC1CCCC1)c1ccccc1F. The first-order chi connectivity index (χ1) is 20.5. The number of anilines is 1. The molecule has 1 saturated carbocycles. The van der Waals surface area contributed by atoms with Crippen LogP contribution in [0.2, 0.25) is 10.0 Å². The minimum Gasteiger partial charge on any atom is -0.352 e. The number of hydrogen-bond donors (Lipinski definition) is 1. The molecule has 0 aromatic heterocycles. The van der Waals surface area contributed by atoms with Crippen LogP contribution in [0.25, 0.3) is 0 Å². The number of amides is 2. The molecule has 0 unspecified atom stereocenters. The summed E-state index contributed by atoms with van der Waals surface area (Å²) in [6.45, 7) is -0.816. The van der Waals surface area contributed by atoms with Crippen LogP contribution in [0, 0.1) is 5.82 Å². The number of nitrogens with one attached hydrogen (secondary N) is 1. The van der Waals surface area contributed by atoms with Crippen molar-refractivity contribution in [2.75, 3.05) is 24.9 Å². The highest BCUT2D eigenvalue weighted by atomic mass is 35.5. The highest BCUT2D eigenvalue weighted by Gasteiger charge is 2.36. The fraction of sp³-hybridized carbons (Fsp3) is 0.355. The Hall–Kier alpha value is -3.18. The van der Waals surface area contributed by atoms with E-state index in [-0.39, 0.29) is 35.6 Å². The third-order valence-electron chi connectivity index (χ3n) is 7.45. The number of carbonyl (C=O) groups excluding carboxylic acids is 2. The lowest BCUT2D eigenvalue weighted by molar-refractivity contribution is -0.140. The van der Waals surface area contributed by atoms with E-state index < -0.39 is 34.5 Å². The van der Waals surface area contributed by atoms with Gasteiger partial charge >= 0.3 is 10.2 Å². The molecule has 43 heavy (non-hydrogen) atoms. The van der Waals surface area contributed by atoms with Crippen molar-refractivity contribution < 1.29 is 22.4 Å². The van der Waals surface area contributed by atoms with Crippen molar-refractivity contribution in [2.45, 2.75) is 50.7 Å². The lowest BCUT2D eigenvalue weighted by Gasteiger charge is -2.35. The number of para-hydroxylation sites is 1. The van der Waals surface area contributed by atoms with Crippen LogP contribution in [0.5, 0.6) is 0 Å². The molecule has 3 aromatic rings. The lowest BCUT2D eigenvalue weighted by Crippen LogP contribution is -2.55. The van der Waals surface area contributed by atoms with Crippen LogP contribution in [0.1, 0.15) is 36.8 Å². The van der Waals surface area contributed by atoms with E-state index >= 15 is 0 Å². The van der Waals surface area contributed by atoms with E-state index in [2.05, 4.69) is 5.32 Å². The second-order valence-corrected chi connectivity index (χ2v) is 13.6. The summed E-state index contributed by atoms with van der Waals surface area (Å²) in [5.74, 6) is -1.85. The molecule has 1 N–H and O–H groups in total. The monoisotopic (exact) mass is 648 g/mol. The smallest absolute Gasteiger partial charge is 0.304 e. The van der Waals surface area contributed by atoms with E-state index in [9.17, 15) is 22.4 Å². The topological polar surface area (TPSA) is 90.0 Å². The molecular formula is C31H35Cl2FN4O4S. The van der Waals surface area contributed by atoms with Crippen LogP contribution in [-0.4, -0.2) is 62.2 Å². The summed E-state index contributed by atoms with van der Waals surface area (Å²) in [5.41, 5.74) is 1.12. The van der Waals surface area contributed by atoms with Gasteiger partial charge in [0.2, 0.25) is 11.8 Å². The fourth-order valence-electron chi connectivity index (χ4n) is 5.11. The van der Waals surface area contributed by atoms with Crippen molar-refractivity contribution in [2.24, 2.45) is 0 Å². The van der Waals surface area contributed by atoms with E-state index in [0.717, 1.165) is 45.9 Å². The van der Waals surface area contributed by atoms with E-state index in [4.69, 9.17) is 23.2 Å². The normalized spacial score (nSPS) is 14.5. The third kappa shape index (κ3) is 8.26. The van der Waals surface area contributed by atoms with Crippen LogP contribution >= 0.6 is 23.2 Å². The van der Waals surface area contributed by atoms with Gasteiger partial charge in [0.05, 0.1) is 15.7 Å². The van der Waals surface area contributed by atoms with Gasteiger partial charge in [0.25, 0.3) is 0 Å². The summed E-state index contributed by atoms with van der Waals surface area (Å²) in [6.07, 6.45) is 3.85. The molecule has 8 nitrogen and oxygen atoms in total. The van der Waals surface area contributed by atoms with Gasteiger partial charge in [-0.2, -0.15) is 12.7 Å². The van der Waals surface area contributed by atoms with Crippen LogP contribution in [0.15, 0.2) is 72.8 Å². The second-order valence-electron chi connectivity index (χ2n) is 10.7. The molecule has 0 radical (unpaired) electrons. The van der Waals surface area contributed by atoms with Crippen molar-refractivity contribution in [1.29, 1.82) is 0 Å². The van der Waals surface area contributed by atoms with Gasteiger partial charge in [0, 0.05) is 33.1 Å². The second kappa shape index (κ2) is 14.5. The molecule has 2 amide bonds. The number of carbonyl (C=O) groups is 2. The molecule has 1 atom stereocenters. The zero-order chi connectivity index (χ0) is 31.1. The van der Waals surface area contributed by atoms with Crippen molar-refractivity contribution in [3.05, 3.63) is 99.8 Å². The van der Waals surface area contributed by atoms with Crippen LogP contribution in [0.3, 0.4) is 0 Å². The van der Waals surface area contributed by atoms with E-state index in [1.54, 1.807) is 18.2 Å². The van der Waals surface area contributed by atoms with E-state index in [0.29, 0.717) is 10.6 Å². The van der Waals surface area contributed by atoms with E-state index in [1.165, 1.54) is 37.2 Å². The first-order valence-corrected chi connectivity index (χ1v) is 16.1. The Balaban J connectivity index is 1.78. The van der Waals surface area contributed by atoms with Gasteiger partial charge < -0.3 is 10.2 Å². The molecule has 1 fully saturated rings. The van der Waals surface area contributed by atoms with Crippen molar-refractivity contribution >= 4 is 50.9 Å². The maximum atomic E-state index is 15.0. The van der Waals surface area contributed by atoms with Gasteiger partial charge in [-0.3, -0.25) is 9.59 Å². The Kier molecular flexibility index (Phi) is 11.1. The predicted molar refractivity (Wildman–Crippen MR) is 168 cm³/mol. The first kappa shape index (κ1) is 32.7. The molecule has 230 valence electrons. The number of hydrogen-bond acceptors (Lipinski definition) is 4. The maximum absolute atomic E-state index is 15.0. The zero-order valence-electron chi connectivity index (χ0n) is 24.0. The van der Waals surface area contributed by atoms with Gasteiger partial charge in [-0.1, -0.05) is 84.6 Å². The minimum atomic E-state index is -4.31. The summed E-state index contributed by atoms with van der Waals surface area (Å²) in [7, 11) is -1.71. The molecule has 4 rings (SSSR count). The molecule has 0 saturated heterocycles. The third-order valence-corrected chi connectivity index (χ3v) is 9.99. The zero-order valence-corrected chi connectivity index (χ0v) is 26.4. The Bertz CT molecular complexity index is 1540. The van der Waals surface area contributed by atoms with Crippen LogP contribution in [0.4, 0.5) is 10.1 Å². The van der Waals surface area contributed by atoms with Gasteiger partial charge in [-0.15, -0.1) is 0 Å². The molecule has 0 aliphatic heterocycles. The molecule has 0 heterocycles. The quantitative estimate of drug-likeness (QED) is 0.283. The van der Waals surface area contributed by atoms with Gasteiger partial charge in [-0.25, -0.2) is 8.70 Å². The number of benzene rings is 3. The van der Waals surface area contributed by atoms with Gasteiger partial charge in [0.15, 0.2) is 0 Å². The highest BCUT2D eigenvalue weighted by molar-refractivity contribution is 7.90.